The van der Waals surface area contributed by atoms with Gasteiger partial charge in [-0.2, -0.15) is 10.2 Å². The Morgan fingerprint density at radius 2 is 2.06 bits per heavy atom. The van der Waals surface area contributed by atoms with Gasteiger partial charge in [0.05, 0.1) is 5.69 Å². The number of nitriles is 1. The summed E-state index contributed by atoms with van der Waals surface area (Å²) >= 11 is 11.3. The fourth-order valence-electron chi connectivity index (χ4n) is 1.24. The van der Waals surface area contributed by atoms with Crippen LogP contribution in [-0.4, -0.2) is 15.2 Å². The highest BCUT2D eigenvalue weighted by Crippen LogP contribution is 2.25. The van der Waals surface area contributed by atoms with Gasteiger partial charge < -0.3 is 5.32 Å². The monoisotopic (exact) mass is 283 g/mol. The normalized spacial score (nSPS) is 9.89. The van der Waals surface area contributed by atoms with E-state index >= 15 is 0 Å². The molecule has 18 heavy (non-hydrogen) atoms. The van der Waals surface area contributed by atoms with E-state index in [0.717, 1.165) is 0 Å². The molecular formula is C10H4Cl2FN5. The SMILES string of the molecule is N#Cc1c(F)cccc1Nc1nc(Cl)nnc1Cl. The molecule has 0 spiro atoms. The highest BCUT2D eigenvalue weighted by atomic mass is 35.5. The summed E-state index contributed by atoms with van der Waals surface area (Å²) in [5, 5.41) is 18.4. The van der Waals surface area contributed by atoms with Gasteiger partial charge in [-0.15, -0.1) is 10.2 Å². The molecule has 0 atom stereocenters. The van der Waals surface area contributed by atoms with Gasteiger partial charge in [-0.25, -0.2) is 4.39 Å². The number of rotatable bonds is 2. The Morgan fingerprint density at radius 3 is 2.78 bits per heavy atom. The van der Waals surface area contributed by atoms with Gasteiger partial charge in [0, 0.05) is 0 Å². The third-order valence-electron chi connectivity index (χ3n) is 2.00. The smallest absolute Gasteiger partial charge is 0.245 e. The van der Waals surface area contributed by atoms with Crippen molar-refractivity contribution >= 4 is 34.7 Å². The molecule has 0 saturated carbocycles. The molecule has 0 radical (unpaired) electrons. The van der Waals surface area contributed by atoms with Crippen LogP contribution in [0.1, 0.15) is 5.56 Å². The average Bonchev–Trinajstić information content (AvgIpc) is 2.34. The molecule has 0 aliphatic carbocycles. The van der Waals surface area contributed by atoms with E-state index in [9.17, 15) is 4.39 Å². The topological polar surface area (TPSA) is 74.5 Å². The Balaban J connectivity index is 2.44. The van der Waals surface area contributed by atoms with Crippen LogP contribution in [0.2, 0.25) is 10.4 Å². The van der Waals surface area contributed by atoms with E-state index in [1.807, 2.05) is 0 Å². The second-order valence-corrected chi connectivity index (χ2v) is 3.82. The summed E-state index contributed by atoms with van der Waals surface area (Å²) in [6.45, 7) is 0. The highest BCUT2D eigenvalue weighted by Gasteiger charge is 2.11. The largest absolute Gasteiger partial charge is 0.336 e. The summed E-state index contributed by atoms with van der Waals surface area (Å²) in [5.74, 6) is -0.550. The molecule has 0 unspecified atom stereocenters. The van der Waals surface area contributed by atoms with Gasteiger partial charge in [0.2, 0.25) is 5.28 Å². The second kappa shape index (κ2) is 5.12. The van der Waals surface area contributed by atoms with Crippen LogP contribution < -0.4 is 5.32 Å². The molecule has 1 aromatic heterocycles. The Hall–Kier alpha value is -1.97. The van der Waals surface area contributed by atoms with E-state index in [2.05, 4.69) is 20.5 Å². The molecule has 0 fully saturated rings. The van der Waals surface area contributed by atoms with Crippen LogP contribution >= 0.6 is 23.2 Å². The van der Waals surface area contributed by atoms with Crippen LogP contribution in [0.15, 0.2) is 18.2 Å². The van der Waals surface area contributed by atoms with Gasteiger partial charge in [0.25, 0.3) is 0 Å². The summed E-state index contributed by atoms with van der Waals surface area (Å²) in [7, 11) is 0. The molecule has 1 N–H and O–H groups in total. The van der Waals surface area contributed by atoms with Crippen molar-refractivity contribution in [1.29, 1.82) is 5.26 Å². The molecule has 5 nitrogen and oxygen atoms in total. The standard InChI is InChI=1S/C10H4Cl2FN5/c11-8-9(16-10(12)18-17-8)15-7-3-1-2-6(13)5(7)4-14/h1-3H,(H,15,16,18). The summed E-state index contributed by atoms with van der Waals surface area (Å²) in [4.78, 5) is 3.79. The number of aromatic nitrogens is 3. The van der Waals surface area contributed by atoms with Crippen molar-refractivity contribution in [3.05, 3.63) is 40.0 Å². The van der Waals surface area contributed by atoms with Gasteiger partial charge in [0.1, 0.15) is 17.4 Å². The first-order chi connectivity index (χ1) is 8.61. The van der Waals surface area contributed by atoms with E-state index in [4.69, 9.17) is 28.5 Å². The van der Waals surface area contributed by atoms with E-state index in [-0.39, 0.29) is 27.5 Å². The molecule has 2 rings (SSSR count). The lowest BCUT2D eigenvalue weighted by Crippen LogP contribution is -2.01. The quantitative estimate of drug-likeness (QED) is 0.917. The Kier molecular flexibility index (Phi) is 3.55. The Bertz CT molecular complexity index is 641. The molecule has 0 amide bonds. The summed E-state index contributed by atoms with van der Waals surface area (Å²) in [6.07, 6.45) is 0. The van der Waals surface area contributed by atoms with E-state index in [1.165, 1.54) is 18.2 Å². The van der Waals surface area contributed by atoms with Crippen molar-refractivity contribution in [1.82, 2.24) is 15.2 Å². The van der Waals surface area contributed by atoms with Gasteiger partial charge in [0.15, 0.2) is 11.0 Å². The summed E-state index contributed by atoms with van der Waals surface area (Å²) in [5.41, 5.74) is 0.0688. The van der Waals surface area contributed by atoms with Gasteiger partial charge in [-0.1, -0.05) is 17.7 Å². The van der Waals surface area contributed by atoms with Crippen LogP contribution in [-0.2, 0) is 0 Å². The summed E-state index contributed by atoms with van der Waals surface area (Å²) in [6, 6.07) is 5.87. The highest BCUT2D eigenvalue weighted by molar-refractivity contribution is 6.32. The maximum Gasteiger partial charge on any atom is 0.245 e. The number of anilines is 2. The lowest BCUT2D eigenvalue weighted by atomic mass is 10.2. The first-order valence-corrected chi connectivity index (χ1v) is 5.38. The lowest BCUT2D eigenvalue weighted by molar-refractivity contribution is 0.624. The zero-order chi connectivity index (χ0) is 13.1. The summed E-state index contributed by atoms with van der Waals surface area (Å²) < 4.78 is 13.4. The van der Waals surface area contributed by atoms with Crippen molar-refractivity contribution in [2.75, 3.05) is 5.32 Å². The fraction of sp³-hybridized carbons (Fsp3) is 0. The van der Waals surface area contributed by atoms with E-state index < -0.39 is 5.82 Å². The molecule has 2 aromatic rings. The van der Waals surface area contributed by atoms with Gasteiger partial charge >= 0.3 is 0 Å². The molecule has 0 aliphatic rings. The van der Waals surface area contributed by atoms with Gasteiger partial charge in [-0.05, 0) is 23.7 Å². The molecule has 1 heterocycles. The molecule has 0 bridgehead atoms. The molecule has 0 saturated heterocycles. The maximum atomic E-state index is 13.4. The Labute approximate surface area is 111 Å². The van der Waals surface area contributed by atoms with Crippen molar-refractivity contribution in [2.24, 2.45) is 0 Å². The van der Waals surface area contributed by atoms with Crippen LogP contribution in [0, 0.1) is 17.1 Å². The molecular weight excluding hydrogens is 280 g/mol. The minimum absolute atomic E-state index is 0.0347. The zero-order valence-electron chi connectivity index (χ0n) is 8.65. The first kappa shape index (κ1) is 12.5. The molecule has 0 aliphatic heterocycles. The minimum atomic E-state index is -0.647. The average molecular weight is 284 g/mol. The first-order valence-electron chi connectivity index (χ1n) is 4.63. The number of hydrogen-bond acceptors (Lipinski definition) is 5. The number of hydrogen-bond donors (Lipinski definition) is 1. The van der Waals surface area contributed by atoms with E-state index in [1.54, 1.807) is 6.07 Å². The fourth-order valence-corrected chi connectivity index (χ4v) is 1.49. The predicted molar refractivity (Wildman–Crippen MR) is 64.2 cm³/mol. The van der Waals surface area contributed by atoms with E-state index in [0.29, 0.717) is 0 Å². The minimum Gasteiger partial charge on any atom is -0.336 e. The van der Waals surface area contributed by atoms with Crippen molar-refractivity contribution < 1.29 is 4.39 Å². The Morgan fingerprint density at radius 1 is 1.28 bits per heavy atom. The van der Waals surface area contributed by atoms with Gasteiger partial charge in [-0.3, -0.25) is 0 Å². The van der Waals surface area contributed by atoms with Crippen molar-refractivity contribution in [2.45, 2.75) is 0 Å². The second-order valence-electron chi connectivity index (χ2n) is 3.12. The maximum absolute atomic E-state index is 13.4. The predicted octanol–water partition coefficient (Wildman–Crippen LogP) is 2.93. The number of halogens is 3. The third-order valence-corrected chi connectivity index (χ3v) is 2.41. The van der Waals surface area contributed by atoms with Crippen LogP contribution in [0.4, 0.5) is 15.9 Å². The molecule has 1 aromatic carbocycles. The number of nitrogens with one attached hydrogen (secondary N) is 1. The number of benzene rings is 1. The van der Waals surface area contributed by atoms with Crippen molar-refractivity contribution in [3.63, 3.8) is 0 Å². The zero-order valence-corrected chi connectivity index (χ0v) is 10.2. The van der Waals surface area contributed by atoms with Crippen LogP contribution in [0.3, 0.4) is 0 Å². The third kappa shape index (κ3) is 2.47. The molecule has 90 valence electrons. The van der Waals surface area contributed by atoms with Crippen LogP contribution in [0.25, 0.3) is 0 Å². The molecule has 8 heteroatoms. The lowest BCUT2D eigenvalue weighted by Gasteiger charge is -2.08. The van der Waals surface area contributed by atoms with Crippen molar-refractivity contribution in [3.8, 4) is 6.07 Å². The number of nitrogens with zero attached hydrogens (tertiary/aromatic N) is 4. The van der Waals surface area contributed by atoms with Crippen LogP contribution in [0.5, 0.6) is 0 Å².